The highest BCUT2D eigenvalue weighted by Gasteiger charge is 2.26. The number of thiophene rings is 2. The smallest absolute Gasteiger partial charge is 0.228 e. The maximum atomic E-state index is 7.27. The van der Waals surface area contributed by atoms with Gasteiger partial charge in [-0.3, -0.25) is 4.57 Å². The molecule has 0 N–H and O–H groups in total. The van der Waals surface area contributed by atoms with Gasteiger partial charge in [-0.15, -0.1) is 22.7 Å². The third-order valence-electron chi connectivity index (χ3n) is 14.3. The molecule has 70 heavy (non-hydrogen) atoms. The van der Waals surface area contributed by atoms with Crippen LogP contribution in [-0.2, 0) is 0 Å². The first-order chi connectivity index (χ1) is 34.7. The zero-order chi connectivity index (χ0) is 45.6. The highest BCUT2D eigenvalue weighted by Crippen LogP contribution is 2.49. The van der Waals surface area contributed by atoms with Gasteiger partial charge in [-0.1, -0.05) is 133 Å². The number of aromatic nitrogens is 5. The number of hydrogen-bond acceptors (Lipinski definition) is 5. The molecule has 326 valence electrons. The van der Waals surface area contributed by atoms with Gasteiger partial charge in [0.2, 0.25) is 5.89 Å². The lowest BCUT2D eigenvalue weighted by Crippen LogP contribution is -1.95. The average molecular weight is 930 g/mol. The van der Waals surface area contributed by atoms with Gasteiger partial charge in [-0.25, -0.2) is 9.97 Å². The first-order valence-corrected chi connectivity index (χ1v) is 25.1. The number of hydrogen-bond donors (Lipinski definition) is 0. The number of benzene rings is 10. The lowest BCUT2D eigenvalue weighted by atomic mass is 10.0. The number of imidazole rings is 1. The second-order valence-electron chi connectivity index (χ2n) is 18.1. The zero-order valence-electron chi connectivity index (χ0n) is 37.2. The third-order valence-corrected chi connectivity index (χ3v) is 16.7. The Labute approximate surface area is 406 Å². The van der Waals surface area contributed by atoms with E-state index in [1.54, 1.807) is 0 Å². The molecule has 0 amide bonds. The number of fused-ring (bicyclic) bond motifs is 16. The Kier molecular flexibility index (Phi) is 7.83. The van der Waals surface area contributed by atoms with E-state index in [1.165, 1.54) is 56.6 Å². The molecule has 0 aliphatic heterocycles. The van der Waals surface area contributed by atoms with Crippen LogP contribution in [0.25, 0.3) is 146 Å². The molecule has 0 aliphatic carbocycles. The number of para-hydroxylation sites is 3. The van der Waals surface area contributed by atoms with Crippen molar-refractivity contribution >= 4 is 129 Å². The van der Waals surface area contributed by atoms with E-state index in [2.05, 4.69) is 214 Å². The lowest BCUT2D eigenvalue weighted by Gasteiger charge is -2.11. The van der Waals surface area contributed by atoms with E-state index in [9.17, 15) is 0 Å². The van der Waals surface area contributed by atoms with Crippen LogP contribution in [-0.4, -0.2) is 23.7 Å². The molecule has 0 radical (unpaired) electrons. The van der Waals surface area contributed by atoms with Gasteiger partial charge in [0.05, 0.1) is 42.5 Å². The Morgan fingerprint density at radius 2 is 1.01 bits per heavy atom. The molecule has 16 aromatic rings. The van der Waals surface area contributed by atoms with Crippen molar-refractivity contribution in [3.05, 3.63) is 213 Å². The topological polar surface area (TPSA) is 53.7 Å². The maximum absolute atomic E-state index is 7.27. The van der Waals surface area contributed by atoms with Crippen LogP contribution >= 0.6 is 22.7 Å². The molecule has 0 bridgehead atoms. The summed E-state index contributed by atoms with van der Waals surface area (Å²) in [4.78, 5) is 10.5. The molecule has 0 atom stereocenters. The molecule has 0 fully saturated rings. The van der Waals surface area contributed by atoms with Gasteiger partial charge < -0.3 is 13.6 Å². The van der Waals surface area contributed by atoms with E-state index in [1.807, 2.05) is 35.1 Å². The molecule has 6 aromatic heterocycles. The van der Waals surface area contributed by atoms with E-state index in [-0.39, 0.29) is 0 Å². The monoisotopic (exact) mass is 929 g/mol. The minimum absolute atomic E-state index is 0.584. The SMILES string of the molecule is c1ccc(-c2cc(-n3c4ccccc4c4ccc5c6ccccc6sc5c43)cc3nc(-c4cc5c6ccccc6sc5c5c4c4ccccc4n5-c4ccc5c(c4)ncn5-c4ccccc4)oc23)cc1. The van der Waals surface area contributed by atoms with Gasteiger partial charge in [0, 0.05) is 80.7 Å². The van der Waals surface area contributed by atoms with Crippen molar-refractivity contribution in [2.45, 2.75) is 0 Å². The second-order valence-corrected chi connectivity index (χ2v) is 20.2. The fourth-order valence-electron chi connectivity index (χ4n) is 11.3. The van der Waals surface area contributed by atoms with Crippen LogP contribution in [0.1, 0.15) is 0 Å². The van der Waals surface area contributed by atoms with Crippen LogP contribution in [0.3, 0.4) is 0 Å². The Bertz CT molecular complexity index is 4840. The minimum atomic E-state index is 0.584. The normalized spacial score (nSPS) is 12.3. The van der Waals surface area contributed by atoms with Crippen LogP contribution in [0, 0.1) is 0 Å². The highest BCUT2D eigenvalue weighted by molar-refractivity contribution is 7.27. The summed E-state index contributed by atoms with van der Waals surface area (Å²) < 4.78 is 19.3. The Morgan fingerprint density at radius 3 is 1.80 bits per heavy atom. The van der Waals surface area contributed by atoms with Gasteiger partial charge in [0.25, 0.3) is 0 Å². The highest BCUT2D eigenvalue weighted by atomic mass is 32.1. The summed E-state index contributed by atoms with van der Waals surface area (Å²) in [6.45, 7) is 0. The summed E-state index contributed by atoms with van der Waals surface area (Å²) in [7, 11) is 0. The number of nitrogens with zero attached hydrogens (tertiary/aromatic N) is 5. The lowest BCUT2D eigenvalue weighted by molar-refractivity contribution is 0.621. The molecule has 6 nitrogen and oxygen atoms in total. The summed E-state index contributed by atoms with van der Waals surface area (Å²) in [6, 6.07) is 74.2. The first-order valence-electron chi connectivity index (χ1n) is 23.5. The van der Waals surface area contributed by atoms with Crippen LogP contribution in [0.4, 0.5) is 0 Å². The van der Waals surface area contributed by atoms with Crippen molar-refractivity contribution in [1.82, 2.24) is 23.7 Å². The molecule has 0 saturated heterocycles. The summed E-state index contributed by atoms with van der Waals surface area (Å²) in [5.41, 5.74) is 14.3. The standard InChI is InChI=1S/C62H35N5OS2/c1-3-15-36(16-4-1)46-31-39(67-51-23-11-7-19-40(51)43-28-29-44-41-20-9-13-25-54(41)69-60(44)57(43)67)33-50-59(46)68-62(64-50)48-34-47-42-21-10-14-26-55(42)70-61(47)58-56(48)45-22-8-12-24-52(45)66(58)38-27-30-53-49(32-38)63-35-65(53)37-17-5-2-6-18-37/h1-35H. The fourth-order valence-corrected chi connectivity index (χ4v) is 13.8. The predicted molar refractivity (Wildman–Crippen MR) is 294 cm³/mol. The van der Waals surface area contributed by atoms with Crippen LogP contribution in [0.15, 0.2) is 217 Å². The molecule has 0 saturated carbocycles. The van der Waals surface area contributed by atoms with Crippen molar-refractivity contribution < 1.29 is 4.42 Å². The molecular weight excluding hydrogens is 895 g/mol. The van der Waals surface area contributed by atoms with Crippen molar-refractivity contribution in [2.75, 3.05) is 0 Å². The van der Waals surface area contributed by atoms with Gasteiger partial charge in [0.1, 0.15) is 11.8 Å². The van der Waals surface area contributed by atoms with Gasteiger partial charge in [-0.05, 0) is 78.4 Å². The number of rotatable bonds is 5. The fraction of sp³-hybridized carbons (Fsp3) is 0. The Balaban J connectivity index is 0.990. The third kappa shape index (κ3) is 5.31. The second kappa shape index (κ2) is 14.4. The Hall–Kier alpha value is -8.82. The number of oxazole rings is 1. The van der Waals surface area contributed by atoms with Crippen LogP contribution < -0.4 is 0 Å². The van der Waals surface area contributed by atoms with E-state index in [0.717, 1.165) is 83.2 Å². The molecular formula is C62H35N5OS2. The van der Waals surface area contributed by atoms with Crippen molar-refractivity contribution in [3.8, 4) is 39.6 Å². The molecule has 10 aromatic carbocycles. The van der Waals surface area contributed by atoms with Gasteiger partial charge >= 0.3 is 0 Å². The van der Waals surface area contributed by atoms with E-state index >= 15 is 0 Å². The molecule has 0 aliphatic rings. The molecule has 0 unspecified atom stereocenters. The minimum Gasteiger partial charge on any atom is -0.435 e. The summed E-state index contributed by atoms with van der Waals surface area (Å²) in [5, 5.41) is 9.62. The first kappa shape index (κ1) is 38.2. The molecule has 0 spiro atoms. The van der Waals surface area contributed by atoms with Gasteiger partial charge in [-0.2, -0.15) is 0 Å². The van der Waals surface area contributed by atoms with Crippen LogP contribution in [0.2, 0.25) is 0 Å². The van der Waals surface area contributed by atoms with Crippen molar-refractivity contribution in [3.63, 3.8) is 0 Å². The Morgan fingerprint density at radius 1 is 0.400 bits per heavy atom. The average Bonchev–Trinajstić information content (AvgIpc) is 4.28. The van der Waals surface area contributed by atoms with E-state index < -0.39 is 0 Å². The quantitative estimate of drug-likeness (QED) is 0.173. The zero-order valence-corrected chi connectivity index (χ0v) is 38.8. The summed E-state index contributed by atoms with van der Waals surface area (Å²) in [6.07, 6.45) is 1.92. The molecule has 16 rings (SSSR count). The van der Waals surface area contributed by atoms with Crippen LogP contribution in [0.5, 0.6) is 0 Å². The van der Waals surface area contributed by atoms with Crippen molar-refractivity contribution in [1.29, 1.82) is 0 Å². The summed E-state index contributed by atoms with van der Waals surface area (Å²) >= 11 is 3.70. The van der Waals surface area contributed by atoms with Gasteiger partial charge in [0.15, 0.2) is 5.58 Å². The summed E-state index contributed by atoms with van der Waals surface area (Å²) in [5.74, 6) is 0.584. The van der Waals surface area contributed by atoms with E-state index in [4.69, 9.17) is 14.4 Å². The largest absolute Gasteiger partial charge is 0.435 e. The predicted octanol–water partition coefficient (Wildman–Crippen LogP) is 17.4. The maximum Gasteiger partial charge on any atom is 0.228 e. The molecule has 8 heteroatoms. The van der Waals surface area contributed by atoms with E-state index in [0.29, 0.717) is 5.89 Å². The molecule has 6 heterocycles. The van der Waals surface area contributed by atoms with Crippen molar-refractivity contribution in [2.24, 2.45) is 0 Å².